The number of hydrogen-bond donors (Lipinski definition) is 1. The summed E-state index contributed by atoms with van der Waals surface area (Å²) in [6.45, 7) is 7.47. The first-order valence-electron chi connectivity index (χ1n) is 7.76. The Morgan fingerprint density at radius 3 is 2.59 bits per heavy atom. The van der Waals surface area contributed by atoms with Gasteiger partial charge in [0.15, 0.2) is 0 Å². The zero-order valence-corrected chi connectivity index (χ0v) is 13.5. The standard InChI is InChI=1S/C18H24N2O2/c1-4-22-17-8-6-5-7-14(17)16-10-9-15(19)18(21)20(16)12-11-13(2)3/h5-10,13H,4,11-12,19H2,1-3H3. The van der Waals surface area contributed by atoms with E-state index < -0.39 is 0 Å². The minimum atomic E-state index is -0.135. The largest absolute Gasteiger partial charge is 0.493 e. The maximum atomic E-state index is 12.4. The third-order valence-electron chi connectivity index (χ3n) is 3.60. The molecule has 1 aromatic heterocycles. The monoisotopic (exact) mass is 300 g/mol. The van der Waals surface area contributed by atoms with E-state index in [9.17, 15) is 4.79 Å². The number of para-hydroxylation sites is 1. The van der Waals surface area contributed by atoms with Crippen molar-refractivity contribution in [3.63, 3.8) is 0 Å². The van der Waals surface area contributed by atoms with Crippen molar-refractivity contribution < 1.29 is 4.74 Å². The number of rotatable bonds is 6. The molecule has 4 nitrogen and oxygen atoms in total. The molecule has 22 heavy (non-hydrogen) atoms. The predicted octanol–water partition coefficient (Wildman–Crippen LogP) is 3.54. The third kappa shape index (κ3) is 3.50. The molecule has 0 aliphatic heterocycles. The van der Waals surface area contributed by atoms with Gasteiger partial charge < -0.3 is 15.0 Å². The lowest BCUT2D eigenvalue weighted by atomic mass is 10.1. The predicted molar refractivity (Wildman–Crippen MR) is 91.2 cm³/mol. The van der Waals surface area contributed by atoms with Crippen LogP contribution >= 0.6 is 0 Å². The van der Waals surface area contributed by atoms with Gasteiger partial charge in [0.05, 0.1) is 18.0 Å². The van der Waals surface area contributed by atoms with Gasteiger partial charge in [-0.05, 0) is 43.5 Å². The number of ether oxygens (including phenoxy) is 1. The average Bonchev–Trinajstić information content (AvgIpc) is 2.49. The summed E-state index contributed by atoms with van der Waals surface area (Å²) in [7, 11) is 0. The first kappa shape index (κ1) is 16.1. The Morgan fingerprint density at radius 2 is 1.91 bits per heavy atom. The number of nitrogen functional groups attached to an aromatic ring is 1. The molecule has 2 N–H and O–H groups in total. The molecule has 0 fully saturated rings. The normalized spacial score (nSPS) is 10.9. The fourth-order valence-corrected chi connectivity index (χ4v) is 2.40. The Hall–Kier alpha value is -2.23. The summed E-state index contributed by atoms with van der Waals surface area (Å²) in [6, 6.07) is 11.4. The number of hydrogen-bond acceptors (Lipinski definition) is 3. The molecule has 0 aliphatic rings. The maximum Gasteiger partial charge on any atom is 0.274 e. The number of nitrogens with zero attached hydrogens (tertiary/aromatic N) is 1. The van der Waals surface area contributed by atoms with Crippen LogP contribution in [0.15, 0.2) is 41.2 Å². The van der Waals surface area contributed by atoms with Crippen molar-refractivity contribution in [3.8, 4) is 17.0 Å². The molecular weight excluding hydrogens is 276 g/mol. The van der Waals surface area contributed by atoms with Gasteiger partial charge >= 0.3 is 0 Å². The van der Waals surface area contributed by atoms with E-state index in [0.29, 0.717) is 19.1 Å². The number of nitrogens with two attached hydrogens (primary N) is 1. The van der Waals surface area contributed by atoms with E-state index in [4.69, 9.17) is 10.5 Å². The molecule has 0 bridgehead atoms. The van der Waals surface area contributed by atoms with Crippen molar-refractivity contribution in [1.82, 2.24) is 4.57 Å². The second-order valence-electron chi connectivity index (χ2n) is 5.74. The highest BCUT2D eigenvalue weighted by Gasteiger charge is 2.13. The summed E-state index contributed by atoms with van der Waals surface area (Å²) in [5.41, 5.74) is 7.72. The van der Waals surface area contributed by atoms with Gasteiger partial charge in [-0.2, -0.15) is 0 Å². The minimum absolute atomic E-state index is 0.135. The molecule has 0 amide bonds. The van der Waals surface area contributed by atoms with Gasteiger partial charge in [-0.3, -0.25) is 4.79 Å². The van der Waals surface area contributed by atoms with Crippen LogP contribution in [0.2, 0.25) is 0 Å². The Bertz CT molecular complexity index is 690. The quantitative estimate of drug-likeness (QED) is 0.887. The van der Waals surface area contributed by atoms with Crippen molar-refractivity contribution in [3.05, 3.63) is 46.8 Å². The van der Waals surface area contributed by atoms with E-state index in [2.05, 4.69) is 13.8 Å². The number of anilines is 1. The van der Waals surface area contributed by atoms with Crippen LogP contribution in [0.1, 0.15) is 27.2 Å². The lowest BCUT2D eigenvalue weighted by molar-refractivity contribution is 0.341. The van der Waals surface area contributed by atoms with Gasteiger partial charge in [0.2, 0.25) is 0 Å². The molecule has 118 valence electrons. The van der Waals surface area contributed by atoms with Crippen molar-refractivity contribution >= 4 is 5.69 Å². The first-order valence-corrected chi connectivity index (χ1v) is 7.76. The molecule has 0 saturated carbocycles. The van der Waals surface area contributed by atoms with Crippen molar-refractivity contribution in [2.45, 2.75) is 33.7 Å². The van der Waals surface area contributed by atoms with Gasteiger partial charge in [-0.1, -0.05) is 26.0 Å². The molecule has 0 spiro atoms. The molecule has 0 aliphatic carbocycles. The van der Waals surface area contributed by atoms with Crippen LogP contribution in [0.3, 0.4) is 0 Å². The van der Waals surface area contributed by atoms with Crippen LogP contribution in [0.5, 0.6) is 5.75 Å². The van der Waals surface area contributed by atoms with Crippen molar-refractivity contribution in [2.75, 3.05) is 12.3 Å². The summed E-state index contributed by atoms with van der Waals surface area (Å²) in [5.74, 6) is 1.30. The van der Waals surface area contributed by atoms with Gasteiger partial charge in [0.1, 0.15) is 5.75 Å². The molecule has 1 aromatic carbocycles. The molecule has 4 heteroatoms. The SMILES string of the molecule is CCOc1ccccc1-c1ccc(N)c(=O)n1CCC(C)C. The number of aromatic nitrogens is 1. The molecule has 2 aromatic rings. The van der Waals surface area contributed by atoms with Crippen LogP contribution in [0, 0.1) is 5.92 Å². The fourth-order valence-electron chi connectivity index (χ4n) is 2.40. The van der Waals surface area contributed by atoms with Crippen LogP contribution in [-0.2, 0) is 6.54 Å². The molecule has 0 saturated heterocycles. The maximum absolute atomic E-state index is 12.4. The second-order valence-corrected chi connectivity index (χ2v) is 5.74. The summed E-state index contributed by atoms with van der Waals surface area (Å²) < 4.78 is 7.45. The topological polar surface area (TPSA) is 57.2 Å². The van der Waals surface area contributed by atoms with Crippen LogP contribution in [0.4, 0.5) is 5.69 Å². The zero-order valence-electron chi connectivity index (χ0n) is 13.5. The Labute approximate surface area is 131 Å². The smallest absolute Gasteiger partial charge is 0.274 e. The Kier molecular flexibility index (Phi) is 5.26. The molecule has 0 atom stereocenters. The van der Waals surface area contributed by atoms with Gasteiger partial charge in [0.25, 0.3) is 5.56 Å². The molecule has 2 rings (SSSR count). The lowest BCUT2D eigenvalue weighted by Gasteiger charge is -2.17. The summed E-state index contributed by atoms with van der Waals surface area (Å²) >= 11 is 0. The van der Waals surface area contributed by atoms with E-state index in [1.165, 1.54) is 0 Å². The molecule has 0 radical (unpaired) electrons. The minimum Gasteiger partial charge on any atom is -0.493 e. The Balaban J connectivity index is 2.55. The highest BCUT2D eigenvalue weighted by molar-refractivity contribution is 5.68. The highest BCUT2D eigenvalue weighted by Crippen LogP contribution is 2.29. The van der Waals surface area contributed by atoms with E-state index in [0.717, 1.165) is 23.4 Å². The van der Waals surface area contributed by atoms with E-state index in [1.54, 1.807) is 10.6 Å². The fraction of sp³-hybridized carbons (Fsp3) is 0.389. The van der Waals surface area contributed by atoms with Crippen molar-refractivity contribution in [2.24, 2.45) is 5.92 Å². The van der Waals surface area contributed by atoms with Crippen LogP contribution < -0.4 is 16.0 Å². The number of pyridine rings is 1. The summed E-state index contributed by atoms with van der Waals surface area (Å²) in [6.07, 6.45) is 0.924. The average molecular weight is 300 g/mol. The molecule has 1 heterocycles. The Morgan fingerprint density at radius 1 is 1.18 bits per heavy atom. The zero-order chi connectivity index (χ0) is 16.1. The molecule has 0 unspecified atom stereocenters. The highest BCUT2D eigenvalue weighted by atomic mass is 16.5. The first-order chi connectivity index (χ1) is 10.5. The molecular formula is C18H24N2O2. The van der Waals surface area contributed by atoms with E-state index in [1.807, 2.05) is 37.3 Å². The lowest BCUT2D eigenvalue weighted by Crippen LogP contribution is -2.25. The second kappa shape index (κ2) is 7.16. The summed E-state index contributed by atoms with van der Waals surface area (Å²) in [4.78, 5) is 12.4. The summed E-state index contributed by atoms with van der Waals surface area (Å²) in [5, 5.41) is 0. The number of benzene rings is 1. The van der Waals surface area contributed by atoms with Gasteiger partial charge in [0, 0.05) is 12.1 Å². The van der Waals surface area contributed by atoms with Gasteiger partial charge in [-0.15, -0.1) is 0 Å². The van der Waals surface area contributed by atoms with Gasteiger partial charge in [-0.25, -0.2) is 0 Å². The van der Waals surface area contributed by atoms with Crippen molar-refractivity contribution in [1.29, 1.82) is 0 Å². The van der Waals surface area contributed by atoms with E-state index in [-0.39, 0.29) is 11.2 Å². The van der Waals surface area contributed by atoms with Crippen LogP contribution in [0.25, 0.3) is 11.3 Å². The van der Waals surface area contributed by atoms with E-state index >= 15 is 0 Å². The third-order valence-corrected chi connectivity index (χ3v) is 3.60. The van der Waals surface area contributed by atoms with Crippen LogP contribution in [-0.4, -0.2) is 11.2 Å².